The second kappa shape index (κ2) is 5.22. The van der Waals surface area contributed by atoms with Crippen LogP contribution in [0.3, 0.4) is 0 Å². The fourth-order valence-corrected chi connectivity index (χ4v) is 4.41. The second-order valence-corrected chi connectivity index (χ2v) is 7.52. The molecule has 2 saturated heterocycles. The van der Waals surface area contributed by atoms with Crippen LogP contribution in [-0.2, 0) is 14.9 Å². The molecule has 2 aliphatic heterocycles. The summed E-state index contributed by atoms with van der Waals surface area (Å²) in [6.07, 6.45) is 3.09. The molecule has 0 spiro atoms. The van der Waals surface area contributed by atoms with Gasteiger partial charge in [-0.05, 0) is 43.2 Å². The summed E-state index contributed by atoms with van der Waals surface area (Å²) in [7, 11) is 1.66. The number of methoxy groups -OCH3 is 1. The van der Waals surface area contributed by atoms with Crippen LogP contribution >= 0.6 is 0 Å². The Labute approximate surface area is 142 Å². The minimum Gasteiger partial charge on any atom is -0.497 e. The lowest BCUT2D eigenvalue weighted by molar-refractivity contribution is -0.138. The van der Waals surface area contributed by atoms with Crippen molar-refractivity contribution in [2.75, 3.05) is 20.2 Å². The minimum atomic E-state index is -0.958. The molecule has 5 heteroatoms. The van der Waals surface area contributed by atoms with Gasteiger partial charge in [-0.3, -0.25) is 0 Å². The number of nitrogens with one attached hydrogen (secondary N) is 1. The van der Waals surface area contributed by atoms with Crippen LogP contribution in [0.15, 0.2) is 36.1 Å². The third-order valence-electron chi connectivity index (χ3n) is 5.58. The highest BCUT2D eigenvalue weighted by atomic mass is 16.7. The Kier molecular flexibility index (Phi) is 3.46. The standard InChI is InChI=1S/C19H25NO4/c1-17(2)23-15-10-18(13-5-4-6-14(9-13)22-3)12-20-8-7-19(18,21)11-16(15)24-17/h4-6,9,11,15,20-21H,7-8,10,12H2,1-3H3/t15?,18-,19-/m0/s1. The van der Waals surface area contributed by atoms with E-state index >= 15 is 0 Å². The Hall–Kier alpha value is -1.56. The number of ether oxygens (including phenoxy) is 3. The maximum absolute atomic E-state index is 11.6. The molecule has 0 bridgehead atoms. The molecule has 1 unspecified atom stereocenters. The third kappa shape index (κ3) is 2.26. The normalized spacial score (nSPS) is 37.0. The molecule has 2 fully saturated rings. The largest absolute Gasteiger partial charge is 0.497 e. The first-order valence-electron chi connectivity index (χ1n) is 8.55. The van der Waals surface area contributed by atoms with E-state index in [0.717, 1.165) is 23.6 Å². The summed E-state index contributed by atoms with van der Waals surface area (Å²) in [6.45, 7) is 5.30. The molecule has 0 radical (unpaired) electrons. The third-order valence-corrected chi connectivity index (χ3v) is 5.58. The van der Waals surface area contributed by atoms with Crippen LogP contribution in [-0.4, -0.2) is 42.8 Å². The van der Waals surface area contributed by atoms with E-state index in [1.54, 1.807) is 7.11 Å². The molecule has 0 aromatic heterocycles. The van der Waals surface area contributed by atoms with Gasteiger partial charge in [0.1, 0.15) is 17.6 Å². The van der Waals surface area contributed by atoms with Gasteiger partial charge < -0.3 is 24.6 Å². The molecule has 1 aromatic rings. The summed E-state index contributed by atoms with van der Waals surface area (Å²) >= 11 is 0. The lowest BCUT2D eigenvalue weighted by Crippen LogP contribution is -2.63. The van der Waals surface area contributed by atoms with E-state index in [1.807, 2.05) is 38.1 Å². The van der Waals surface area contributed by atoms with Gasteiger partial charge >= 0.3 is 0 Å². The molecule has 130 valence electrons. The fourth-order valence-electron chi connectivity index (χ4n) is 4.41. The molecule has 2 heterocycles. The minimum absolute atomic E-state index is 0.133. The van der Waals surface area contributed by atoms with Crippen LogP contribution in [0.25, 0.3) is 0 Å². The zero-order valence-electron chi connectivity index (χ0n) is 14.5. The molecule has 0 saturated carbocycles. The number of hydrogen-bond acceptors (Lipinski definition) is 5. The van der Waals surface area contributed by atoms with E-state index in [-0.39, 0.29) is 6.10 Å². The molecule has 4 rings (SSSR count). The highest BCUT2D eigenvalue weighted by Crippen LogP contribution is 2.52. The van der Waals surface area contributed by atoms with E-state index in [1.165, 1.54) is 0 Å². The van der Waals surface area contributed by atoms with Crippen LogP contribution in [0.1, 0.15) is 32.3 Å². The first kappa shape index (κ1) is 15.9. The summed E-state index contributed by atoms with van der Waals surface area (Å²) in [5.41, 5.74) is -0.349. The predicted molar refractivity (Wildman–Crippen MR) is 89.8 cm³/mol. The molecule has 0 amide bonds. The number of benzene rings is 1. The molecule has 5 nitrogen and oxygen atoms in total. The molecule has 1 aromatic carbocycles. The summed E-state index contributed by atoms with van der Waals surface area (Å²) < 4.78 is 17.4. The van der Waals surface area contributed by atoms with Crippen LogP contribution in [0.5, 0.6) is 5.75 Å². The van der Waals surface area contributed by atoms with Crippen molar-refractivity contribution in [2.45, 2.75) is 49.6 Å². The van der Waals surface area contributed by atoms with Gasteiger partial charge in [-0.15, -0.1) is 0 Å². The first-order chi connectivity index (χ1) is 11.4. The molecular weight excluding hydrogens is 306 g/mol. The zero-order valence-corrected chi connectivity index (χ0v) is 14.5. The Bertz CT molecular complexity index is 686. The van der Waals surface area contributed by atoms with Gasteiger partial charge in [-0.2, -0.15) is 0 Å². The Morgan fingerprint density at radius 1 is 1.33 bits per heavy atom. The number of fused-ring (bicyclic) bond motifs is 2. The second-order valence-electron chi connectivity index (χ2n) is 7.52. The Balaban J connectivity index is 1.83. The molecule has 3 aliphatic rings. The average Bonchev–Trinajstić information content (AvgIpc) is 2.84. The van der Waals surface area contributed by atoms with Crippen molar-refractivity contribution < 1.29 is 19.3 Å². The van der Waals surface area contributed by atoms with Crippen LogP contribution in [0.2, 0.25) is 0 Å². The van der Waals surface area contributed by atoms with Gasteiger partial charge in [0.05, 0.1) is 12.7 Å². The van der Waals surface area contributed by atoms with Crippen LogP contribution < -0.4 is 10.1 Å². The van der Waals surface area contributed by atoms with E-state index in [4.69, 9.17) is 14.2 Å². The summed E-state index contributed by atoms with van der Waals surface area (Å²) in [5.74, 6) is 0.917. The number of piperidine rings is 1. The molecule has 24 heavy (non-hydrogen) atoms. The zero-order chi connectivity index (χ0) is 17.0. The Morgan fingerprint density at radius 2 is 2.17 bits per heavy atom. The lowest BCUT2D eigenvalue weighted by Gasteiger charge is -2.52. The van der Waals surface area contributed by atoms with Crippen LogP contribution in [0, 0.1) is 0 Å². The molecule has 3 atom stereocenters. The SMILES string of the molecule is COc1cccc([C@]23CNCC[C@]2(O)C=C2OC(C)(C)OC2C3)c1. The van der Waals surface area contributed by atoms with E-state index in [2.05, 4.69) is 11.4 Å². The van der Waals surface area contributed by atoms with Crippen molar-refractivity contribution in [2.24, 2.45) is 0 Å². The van der Waals surface area contributed by atoms with Crippen molar-refractivity contribution in [1.29, 1.82) is 0 Å². The average molecular weight is 331 g/mol. The number of aliphatic hydroxyl groups is 1. The maximum Gasteiger partial charge on any atom is 0.205 e. The van der Waals surface area contributed by atoms with Gasteiger partial charge in [-0.1, -0.05) is 12.1 Å². The van der Waals surface area contributed by atoms with Crippen molar-refractivity contribution in [3.8, 4) is 5.75 Å². The van der Waals surface area contributed by atoms with Crippen molar-refractivity contribution in [3.63, 3.8) is 0 Å². The molecular formula is C19H25NO4. The van der Waals surface area contributed by atoms with E-state index in [0.29, 0.717) is 19.4 Å². The number of hydrogen-bond donors (Lipinski definition) is 2. The van der Waals surface area contributed by atoms with Crippen molar-refractivity contribution in [3.05, 3.63) is 41.7 Å². The summed E-state index contributed by atoms with van der Waals surface area (Å²) in [4.78, 5) is 0. The van der Waals surface area contributed by atoms with Gasteiger partial charge in [0.15, 0.2) is 0 Å². The first-order valence-corrected chi connectivity index (χ1v) is 8.55. The summed E-state index contributed by atoms with van der Waals surface area (Å²) in [6, 6.07) is 8.00. The monoisotopic (exact) mass is 331 g/mol. The molecule has 2 N–H and O–H groups in total. The smallest absolute Gasteiger partial charge is 0.205 e. The Morgan fingerprint density at radius 3 is 2.96 bits per heavy atom. The van der Waals surface area contributed by atoms with E-state index in [9.17, 15) is 5.11 Å². The van der Waals surface area contributed by atoms with Crippen molar-refractivity contribution in [1.82, 2.24) is 5.32 Å². The number of rotatable bonds is 2. The quantitative estimate of drug-likeness (QED) is 0.869. The van der Waals surface area contributed by atoms with E-state index < -0.39 is 16.8 Å². The highest BCUT2D eigenvalue weighted by Gasteiger charge is 2.59. The van der Waals surface area contributed by atoms with Gasteiger partial charge in [0.25, 0.3) is 0 Å². The lowest BCUT2D eigenvalue weighted by atomic mass is 9.58. The van der Waals surface area contributed by atoms with Gasteiger partial charge in [0, 0.05) is 25.8 Å². The maximum atomic E-state index is 11.6. The fraction of sp³-hybridized carbons (Fsp3) is 0.579. The summed E-state index contributed by atoms with van der Waals surface area (Å²) in [5, 5.41) is 15.0. The predicted octanol–water partition coefficient (Wildman–Crippen LogP) is 2.10. The van der Waals surface area contributed by atoms with Crippen LogP contribution in [0.4, 0.5) is 0 Å². The van der Waals surface area contributed by atoms with Crippen molar-refractivity contribution >= 4 is 0 Å². The molecule has 1 aliphatic carbocycles. The topological polar surface area (TPSA) is 60.0 Å². The van der Waals surface area contributed by atoms with Gasteiger partial charge in [-0.25, -0.2) is 0 Å². The highest BCUT2D eigenvalue weighted by molar-refractivity contribution is 5.43. The van der Waals surface area contributed by atoms with Gasteiger partial charge in [0.2, 0.25) is 5.79 Å².